The average molecular weight is 485 g/mol. The van der Waals surface area contributed by atoms with Crippen molar-refractivity contribution >= 4 is 40.0 Å². The first-order valence-corrected chi connectivity index (χ1v) is 10.8. The van der Waals surface area contributed by atoms with Gasteiger partial charge in [-0.2, -0.15) is 18.4 Å². The van der Waals surface area contributed by atoms with Crippen molar-refractivity contribution in [3.05, 3.63) is 46.9 Å². The first-order chi connectivity index (χ1) is 15.1. The number of benzene rings is 1. The van der Waals surface area contributed by atoms with E-state index in [4.69, 9.17) is 0 Å². The van der Waals surface area contributed by atoms with Crippen LogP contribution in [0.15, 0.2) is 28.6 Å². The van der Waals surface area contributed by atoms with E-state index in [-0.39, 0.29) is 22.3 Å². The first kappa shape index (κ1) is 23.6. The zero-order chi connectivity index (χ0) is 23.5. The maximum Gasteiger partial charge on any atom is 0.405 e. The van der Waals surface area contributed by atoms with E-state index in [1.165, 1.54) is 18.2 Å². The SMILES string of the molecule is Cc1c(C#N)c(NC(=O)CSc2nnc(NCC(F)(F)F)s2)n(-c2cccc(F)c2)c1C. The van der Waals surface area contributed by atoms with E-state index in [9.17, 15) is 27.6 Å². The Bertz CT molecular complexity index is 1180. The summed E-state index contributed by atoms with van der Waals surface area (Å²) in [6.07, 6.45) is -4.38. The monoisotopic (exact) mass is 484 g/mol. The minimum absolute atomic E-state index is 0.0109. The van der Waals surface area contributed by atoms with E-state index in [2.05, 4.69) is 26.9 Å². The number of hydrogen-bond acceptors (Lipinski definition) is 7. The number of alkyl halides is 3. The number of carbonyl (C=O) groups excluding carboxylic acids is 1. The van der Waals surface area contributed by atoms with Crippen molar-refractivity contribution in [2.24, 2.45) is 0 Å². The number of rotatable bonds is 7. The third-order valence-electron chi connectivity index (χ3n) is 4.32. The van der Waals surface area contributed by atoms with Gasteiger partial charge < -0.3 is 10.6 Å². The summed E-state index contributed by atoms with van der Waals surface area (Å²) in [7, 11) is 0. The summed E-state index contributed by atoms with van der Waals surface area (Å²) in [6.45, 7) is 2.24. The lowest BCUT2D eigenvalue weighted by atomic mass is 10.2. The smallest absolute Gasteiger partial charge is 0.351 e. The fourth-order valence-electron chi connectivity index (χ4n) is 2.81. The molecular formula is C19H16F4N6OS2. The fraction of sp³-hybridized carbons (Fsp3) is 0.263. The van der Waals surface area contributed by atoms with Gasteiger partial charge in [-0.15, -0.1) is 10.2 Å². The topological polar surface area (TPSA) is 95.6 Å². The first-order valence-electron chi connectivity index (χ1n) is 9.03. The molecule has 32 heavy (non-hydrogen) atoms. The molecule has 168 valence electrons. The zero-order valence-corrected chi connectivity index (χ0v) is 18.4. The van der Waals surface area contributed by atoms with Gasteiger partial charge in [0.25, 0.3) is 0 Å². The normalized spacial score (nSPS) is 11.3. The van der Waals surface area contributed by atoms with E-state index in [1.807, 2.05) is 0 Å². The number of thioether (sulfide) groups is 1. The Hall–Kier alpha value is -3.11. The van der Waals surface area contributed by atoms with Gasteiger partial charge >= 0.3 is 6.18 Å². The van der Waals surface area contributed by atoms with Crippen LogP contribution in [0.1, 0.15) is 16.8 Å². The second-order valence-electron chi connectivity index (χ2n) is 6.54. The highest BCUT2D eigenvalue weighted by atomic mass is 32.2. The number of nitrogens with zero attached hydrogens (tertiary/aromatic N) is 4. The Balaban J connectivity index is 1.74. The molecule has 0 saturated carbocycles. The Morgan fingerprint density at radius 2 is 2.06 bits per heavy atom. The molecule has 0 aliphatic heterocycles. The van der Waals surface area contributed by atoms with E-state index < -0.39 is 24.4 Å². The highest BCUT2D eigenvalue weighted by molar-refractivity contribution is 8.01. The van der Waals surface area contributed by atoms with Crippen LogP contribution in [0.25, 0.3) is 5.69 Å². The minimum Gasteiger partial charge on any atom is -0.351 e. The predicted molar refractivity (Wildman–Crippen MR) is 114 cm³/mol. The largest absolute Gasteiger partial charge is 0.405 e. The number of amides is 1. The van der Waals surface area contributed by atoms with Gasteiger partial charge in [0.15, 0.2) is 4.34 Å². The molecule has 0 aliphatic carbocycles. The Morgan fingerprint density at radius 3 is 2.72 bits per heavy atom. The summed E-state index contributed by atoms with van der Waals surface area (Å²) >= 11 is 1.88. The second-order valence-corrected chi connectivity index (χ2v) is 8.74. The third-order valence-corrected chi connectivity index (χ3v) is 6.34. The molecule has 0 fully saturated rings. The fourth-order valence-corrected chi connectivity index (χ4v) is 4.36. The van der Waals surface area contributed by atoms with Gasteiger partial charge in [-0.3, -0.25) is 9.36 Å². The highest BCUT2D eigenvalue weighted by Gasteiger charge is 2.27. The van der Waals surface area contributed by atoms with Crippen LogP contribution >= 0.6 is 23.1 Å². The molecular weight excluding hydrogens is 468 g/mol. The Labute approximate surface area is 188 Å². The van der Waals surface area contributed by atoms with Crippen LogP contribution < -0.4 is 10.6 Å². The van der Waals surface area contributed by atoms with Gasteiger partial charge in [-0.1, -0.05) is 29.2 Å². The van der Waals surface area contributed by atoms with Gasteiger partial charge in [0.1, 0.15) is 24.2 Å². The van der Waals surface area contributed by atoms with Crippen LogP contribution in [0.2, 0.25) is 0 Å². The van der Waals surface area contributed by atoms with E-state index in [1.54, 1.807) is 24.5 Å². The predicted octanol–water partition coefficient (Wildman–Crippen LogP) is 4.66. The van der Waals surface area contributed by atoms with Crippen LogP contribution in [0.4, 0.5) is 28.5 Å². The summed E-state index contributed by atoms with van der Waals surface area (Å²) in [5, 5.41) is 21.7. The molecule has 2 heterocycles. The van der Waals surface area contributed by atoms with Crippen molar-refractivity contribution in [2.45, 2.75) is 24.4 Å². The van der Waals surface area contributed by atoms with Gasteiger partial charge in [-0.05, 0) is 37.6 Å². The molecule has 0 aliphatic rings. The quantitative estimate of drug-likeness (QED) is 0.374. The van der Waals surface area contributed by atoms with Crippen LogP contribution in [0, 0.1) is 31.0 Å². The third kappa shape index (κ3) is 5.57. The van der Waals surface area contributed by atoms with Gasteiger partial charge in [0.2, 0.25) is 11.0 Å². The number of nitriles is 1. The maximum absolute atomic E-state index is 13.8. The summed E-state index contributed by atoms with van der Waals surface area (Å²) in [4.78, 5) is 12.6. The van der Waals surface area contributed by atoms with Crippen molar-refractivity contribution in [3.63, 3.8) is 0 Å². The summed E-state index contributed by atoms with van der Waals surface area (Å²) in [5.41, 5.74) is 2.00. The number of nitrogens with one attached hydrogen (secondary N) is 2. The average Bonchev–Trinajstić information content (AvgIpc) is 3.27. The minimum atomic E-state index is -4.38. The molecule has 2 N–H and O–H groups in total. The van der Waals surface area contributed by atoms with Gasteiger partial charge in [-0.25, -0.2) is 4.39 Å². The standard InChI is InChI=1S/C19H16F4N6OS2/c1-10-11(2)29(13-5-3-4-12(20)6-13)16(14(10)7-24)26-15(30)8-31-18-28-27-17(32-18)25-9-19(21,22)23/h3-6H,8-9H2,1-2H3,(H,25,27)(H,26,30). The lowest BCUT2D eigenvalue weighted by molar-refractivity contribution is -0.115. The van der Waals surface area contributed by atoms with Crippen LogP contribution in [0.3, 0.4) is 0 Å². The Morgan fingerprint density at radius 1 is 1.31 bits per heavy atom. The number of hydrogen-bond donors (Lipinski definition) is 2. The molecule has 1 amide bonds. The molecule has 0 unspecified atom stereocenters. The summed E-state index contributed by atoms with van der Waals surface area (Å²) in [6, 6.07) is 7.81. The molecule has 1 aromatic carbocycles. The molecule has 0 radical (unpaired) electrons. The molecule has 0 bridgehead atoms. The molecule has 3 aromatic rings. The van der Waals surface area contributed by atoms with E-state index in [0.717, 1.165) is 23.1 Å². The van der Waals surface area contributed by atoms with Crippen molar-refractivity contribution < 1.29 is 22.4 Å². The molecule has 2 aromatic heterocycles. The number of halogens is 4. The summed E-state index contributed by atoms with van der Waals surface area (Å²) in [5.74, 6) is -0.846. The van der Waals surface area contributed by atoms with Crippen molar-refractivity contribution in [2.75, 3.05) is 22.9 Å². The number of aromatic nitrogens is 3. The van der Waals surface area contributed by atoms with Crippen molar-refractivity contribution in [1.82, 2.24) is 14.8 Å². The van der Waals surface area contributed by atoms with Gasteiger partial charge in [0, 0.05) is 5.69 Å². The molecule has 13 heteroatoms. The van der Waals surface area contributed by atoms with Crippen LogP contribution in [-0.4, -0.2) is 39.1 Å². The van der Waals surface area contributed by atoms with Crippen molar-refractivity contribution in [1.29, 1.82) is 5.26 Å². The second kappa shape index (κ2) is 9.58. The van der Waals surface area contributed by atoms with E-state index in [0.29, 0.717) is 21.3 Å². The number of anilines is 2. The maximum atomic E-state index is 13.8. The highest BCUT2D eigenvalue weighted by Crippen LogP contribution is 2.31. The molecule has 7 nitrogen and oxygen atoms in total. The molecule has 0 spiro atoms. The molecule has 3 rings (SSSR count). The lowest BCUT2D eigenvalue weighted by Gasteiger charge is -2.13. The van der Waals surface area contributed by atoms with Crippen LogP contribution in [-0.2, 0) is 4.79 Å². The zero-order valence-electron chi connectivity index (χ0n) is 16.7. The van der Waals surface area contributed by atoms with Gasteiger partial charge in [0.05, 0.1) is 17.0 Å². The Kier molecular flexibility index (Phi) is 7.05. The lowest BCUT2D eigenvalue weighted by Crippen LogP contribution is -2.21. The summed E-state index contributed by atoms with van der Waals surface area (Å²) < 4.78 is 52.4. The molecule has 0 atom stereocenters. The van der Waals surface area contributed by atoms with E-state index >= 15 is 0 Å². The van der Waals surface area contributed by atoms with Crippen LogP contribution in [0.5, 0.6) is 0 Å². The molecule has 0 saturated heterocycles. The number of carbonyl (C=O) groups is 1. The van der Waals surface area contributed by atoms with Crippen molar-refractivity contribution in [3.8, 4) is 11.8 Å².